The maximum atomic E-state index is 12.6. The van der Waals surface area contributed by atoms with Crippen molar-refractivity contribution in [3.05, 3.63) is 45.6 Å². The summed E-state index contributed by atoms with van der Waals surface area (Å²) >= 11 is 0. The standard InChI is InChI=1S/C15H13N5O3/c1-8-7-11(20(22)23)17-14-12(8)18-15(21)10-3-2-6-16-13(10)19(14)9-4-5-9/h2-3,6-7,9H,4-5H2,1H3,(H,18,21)/i1D3. The fourth-order valence-corrected chi connectivity index (χ4v) is 2.64. The molecule has 0 spiro atoms. The third-order valence-electron chi connectivity index (χ3n) is 3.81. The summed E-state index contributed by atoms with van der Waals surface area (Å²) in [7, 11) is 0. The number of carbonyl (C=O) groups excluding carboxylic acids is 1. The topological polar surface area (TPSA) is 101 Å². The van der Waals surface area contributed by atoms with Crippen LogP contribution in [-0.4, -0.2) is 26.8 Å². The maximum absolute atomic E-state index is 12.6. The van der Waals surface area contributed by atoms with Crippen LogP contribution >= 0.6 is 0 Å². The summed E-state index contributed by atoms with van der Waals surface area (Å²) in [5.74, 6) is -0.762. The monoisotopic (exact) mass is 314 g/mol. The van der Waals surface area contributed by atoms with Crippen molar-refractivity contribution < 1.29 is 13.8 Å². The Morgan fingerprint density at radius 3 is 3.00 bits per heavy atom. The van der Waals surface area contributed by atoms with Gasteiger partial charge < -0.3 is 15.4 Å². The van der Waals surface area contributed by atoms with E-state index in [0.717, 1.165) is 18.9 Å². The number of aryl methyl sites for hydroxylation is 1. The Morgan fingerprint density at radius 2 is 2.30 bits per heavy atom. The Bertz CT molecular complexity index is 943. The van der Waals surface area contributed by atoms with Crippen LogP contribution in [0.1, 0.15) is 32.9 Å². The largest absolute Gasteiger partial charge is 0.366 e. The summed E-state index contributed by atoms with van der Waals surface area (Å²) in [6.07, 6.45) is 3.09. The second kappa shape index (κ2) is 4.73. The summed E-state index contributed by atoms with van der Waals surface area (Å²) in [5, 5.41) is 13.9. The first-order valence-corrected chi connectivity index (χ1v) is 7.03. The number of nitrogens with zero attached hydrogens (tertiary/aromatic N) is 4. The predicted octanol–water partition coefficient (Wildman–Crippen LogP) is 2.56. The molecule has 0 aromatic carbocycles. The second-order valence-corrected chi connectivity index (χ2v) is 5.41. The van der Waals surface area contributed by atoms with Crippen molar-refractivity contribution in [1.82, 2.24) is 9.97 Å². The third kappa shape index (κ3) is 2.10. The van der Waals surface area contributed by atoms with Crippen LogP contribution in [0.4, 0.5) is 23.1 Å². The molecule has 23 heavy (non-hydrogen) atoms. The fraction of sp³-hybridized carbons (Fsp3) is 0.267. The van der Waals surface area contributed by atoms with Crippen molar-refractivity contribution in [3.63, 3.8) is 0 Å². The van der Waals surface area contributed by atoms with Gasteiger partial charge in [0.1, 0.15) is 11.5 Å². The lowest BCUT2D eigenvalue weighted by molar-refractivity contribution is -0.389. The van der Waals surface area contributed by atoms with Crippen LogP contribution in [0.2, 0.25) is 0 Å². The minimum Gasteiger partial charge on any atom is -0.358 e. The molecule has 4 rings (SSSR count). The molecule has 0 unspecified atom stereocenters. The molecular weight excluding hydrogens is 298 g/mol. The van der Waals surface area contributed by atoms with Crippen LogP contribution in [0.15, 0.2) is 24.4 Å². The first-order valence-electron chi connectivity index (χ1n) is 8.53. The number of fused-ring (bicyclic) bond motifs is 2. The van der Waals surface area contributed by atoms with Gasteiger partial charge in [-0.25, -0.2) is 4.98 Å². The van der Waals surface area contributed by atoms with Gasteiger partial charge in [0, 0.05) is 22.4 Å². The van der Waals surface area contributed by atoms with E-state index in [2.05, 4.69) is 15.3 Å². The van der Waals surface area contributed by atoms with Gasteiger partial charge in [-0.2, -0.15) is 0 Å². The summed E-state index contributed by atoms with van der Waals surface area (Å²) in [5.41, 5.74) is -0.0944. The van der Waals surface area contributed by atoms with Gasteiger partial charge in [-0.3, -0.25) is 9.69 Å². The van der Waals surface area contributed by atoms with Crippen LogP contribution in [-0.2, 0) is 0 Å². The molecule has 2 aromatic rings. The van der Waals surface area contributed by atoms with E-state index in [-0.39, 0.29) is 28.7 Å². The van der Waals surface area contributed by atoms with Crippen molar-refractivity contribution in [2.24, 2.45) is 0 Å². The smallest absolute Gasteiger partial charge is 0.358 e. The maximum Gasteiger partial charge on any atom is 0.366 e. The SMILES string of the molecule is [2H]C([2H])([2H])c1cc([N+](=O)[O-])nc2c1NC(=O)c1cccnc1N2C1CC1. The number of rotatable bonds is 2. The number of hydrogen-bond donors (Lipinski definition) is 1. The Labute approximate surface area is 135 Å². The Morgan fingerprint density at radius 1 is 1.48 bits per heavy atom. The van der Waals surface area contributed by atoms with Crippen molar-refractivity contribution in [3.8, 4) is 0 Å². The highest BCUT2D eigenvalue weighted by atomic mass is 16.6. The zero-order chi connectivity index (χ0) is 18.6. The minimum absolute atomic E-state index is 0.0366. The molecule has 3 heterocycles. The number of carbonyl (C=O) groups is 1. The van der Waals surface area contributed by atoms with Gasteiger partial charge in [0.2, 0.25) is 0 Å². The lowest BCUT2D eigenvalue weighted by atomic mass is 10.2. The highest BCUT2D eigenvalue weighted by Gasteiger charge is 2.41. The van der Waals surface area contributed by atoms with E-state index in [1.165, 1.54) is 6.20 Å². The Kier molecular flexibility index (Phi) is 2.19. The van der Waals surface area contributed by atoms with E-state index in [0.29, 0.717) is 5.82 Å². The molecule has 1 aliphatic heterocycles. The molecule has 0 radical (unpaired) electrons. The number of hydrogen-bond acceptors (Lipinski definition) is 6. The van der Waals surface area contributed by atoms with E-state index in [4.69, 9.17) is 4.11 Å². The fourth-order valence-electron chi connectivity index (χ4n) is 2.64. The third-order valence-corrected chi connectivity index (χ3v) is 3.81. The van der Waals surface area contributed by atoms with Crippen LogP contribution < -0.4 is 10.2 Å². The molecule has 8 nitrogen and oxygen atoms in total. The average molecular weight is 314 g/mol. The van der Waals surface area contributed by atoms with Gasteiger partial charge >= 0.3 is 5.82 Å². The number of anilines is 3. The predicted molar refractivity (Wildman–Crippen MR) is 83.0 cm³/mol. The first kappa shape index (κ1) is 10.7. The second-order valence-electron chi connectivity index (χ2n) is 5.41. The molecule has 0 atom stereocenters. The normalized spacial score (nSPS) is 18.7. The molecule has 1 saturated carbocycles. The summed E-state index contributed by atoms with van der Waals surface area (Å²) in [6, 6.07) is 4.01. The Balaban J connectivity index is 2.05. The average Bonchev–Trinajstić information content (AvgIpc) is 3.40. The number of nitro groups is 1. The van der Waals surface area contributed by atoms with Gasteiger partial charge in [-0.1, -0.05) is 0 Å². The van der Waals surface area contributed by atoms with Crippen molar-refractivity contribution in [2.45, 2.75) is 25.7 Å². The highest BCUT2D eigenvalue weighted by molar-refractivity contribution is 6.12. The molecule has 2 aromatic heterocycles. The molecule has 1 fully saturated rings. The van der Waals surface area contributed by atoms with Crippen LogP contribution in [0.25, 0.3) is 0 Å². The molecule has 2 aliphatic rings. The molecule has 1 N–H and O–H groups in total. The molecule has 1 aliphatic carbocycles. The number of pyridine rings is 2. The number of nitrogens with one attached hydrogen (secondary N) is 1. The van der Waals surface area contributed by atoms with E-state index in [1.807, 2.05) is 0 Å². The van der Waals surface area contributed by atoms with Gasteiger partial charge in [-0.05, 0) is 47.3 Å². The summed E-state index contributed by atoms with van der Waals surface area (Å²) in [4.78, 5) is 33.1. The molecular formula is C15H13N5O3. The molecule has 1 amide bonds. The zero-order valence-corrected chi connectivity index (χ0v) is 11.8. The van der Waals surface area contributed by atoms with Crippen LogP contribution in [0.3, 0.4) is 0 Å². The van der Waals surface area contributed by atoms with Gasteiger partial charge in [0.15, 0.2) is 0 Å². The van der Waals surface area contributed by atoms with E-state index < -0.39 is 23.5 Å². The quantitative estimate of drug-likeness (QED) is 0.675. The first-order chi connectivity index (χ1) is 12.3. The molecule has 0 saturated heterocycles. The number of amides is 1. The zero-order valence-electron chi connectivity index (χ0n) is 14.8. The van der Waals surface area contributed by atoms with E-state index in [1.54, 1.807) is 17.0 Å². The van der Waals surface area contributed by atoms with Crippen molar-refractivity contribution >= 4 is 29.0 Å². The molecule has 0 bridgehead atoms. The molecule has 116 valence electrons. The van der Waals surface area contributed by atoms with Crippen molar-refractivity contribution in [1.29, 1.82) is 0 Å². The van der Waals surface area contributed by atoms with E-state index >= 15 is 0 Å². The van der Waals surface area contributed by atoms with Gasteiger partial charge in [0.25, 0.3) is 11.7 Å². The Hall–Kier alpha value is -3.03. The molecule has 8 heteroatoms. The lowest BCUT2D eigenvalue weighted by Gasteiger charge is -2.20. The van der Waals surface area contributed by atoms with Crippen molar-refractivity contribution in [2.75, 3.05) is 10.2 Å². The van der Waals surface area contributed by atoms with Crippen LogP contribution in [0.5, 0.6) is 0 Å². The lowest BCUT2D eigenvalue weighted by Crippen LogP contribution is -2.23. The highest BCUT2D eigenvalue weighted by Crippen LogP contribution is 2.44. The number of aromatic nitrogens is 2. The van der Waals surface area contributed by atoms with Crippen LogP contribution in [0, 0.1) is 17.0 Å². The van der Waals surface area contributed by atoms with Gasteiger partial charge in [0.05, 0.1) is 5.56 Å². The van der Waals surface area contributed by atoms with Gasteiger partial charge in [-0.15, -0.1) is 0 Å². The summed E-state index contributed by atoms with van der Waals surface area (Å²) in [6.45, 7) is -2.66. The minimum atomic E-state index is -2.66. The summed E-state index contributed by atoms with van der Waals surface area (Å²) < 4.78 is 23.2. The van der Waals surface area contributed by atoms with E-state index in [9.17, 15) is 14.9 Å².